The topological polar surface area (TPSA) is 46.3 Å². The molecule has 0 fully saturated rings. The largest absolute Gasteiger partial charge is 0.392 e. The highest BCUT2D eigenvalue weighted by atomic mass is 32.1. The standard InChI is InChI=1S/C13H17FN2OS/c1-3-6-16(8-12(15)18)13(17)10-4-5-11(14)9(2)7-10/h4-5,7H,3,6,8H2,1-2H3,(H2,15,18). The lowest BCUT2D eigenvalue weighted by Crippen LogP contribution is -2.38. The molecule has 0 saturated carbocycles. The van der Waals surface area contributed by atoms with Gasteiger partial charge in [-0.2, -0.15) is 0 Å². The molecule has 2 N–H and O–H groups in total. The van der Waals surface area contributed by atoms with E-state index in [1.165, 1.54) is 12.1 Å². The third kappa shape index (κ3) is 3.77. The molecule has 1 aromatic rings. The van der Waals surface area contributed by atoms with E-state index in [0.717, 1.165) is 6.42 Å². The normalized spacial score (nSPS) is 10.2. The maximum atomic E-state index is 13.2. The Morgan fingerprint density at radius 2 is 2.17 bits per heavy atom. The molecule has 0 bridgehead atoms. The molecule has 0 saturated heterocycles. The van der Waals surface area contributed by atoms with Crippen molar-refractivity contribution in [2.45, 2.75) is 20.3 Å². The van der Waals surface area contributed by atoms with Crippen molar-refractivity contribution in [2.24, 2.45) is 5.73 Å². The van der Waals surface area contributed by atoms with E-state index in [4.69, 9.17) is 18.0 Å². The number of thiocarbonyl (C=S) groups is 1. The summed E-state index contributed by atoms with van der Waals surface area (Å²) in [5.74, 6) is -0.490. The number of carbonyl (C=O) groups is 1. The molecule has 1 amide bonds. The second-order valence-corrected chi connectivity index (χ2v) is 4.68. The molecule has 5 heteroatoms. The Labute approximate surface area is 112 Å². The first-order valence-electron chi connectivity index (χ1n) is 5.79. The van der Waals surface area contributed by atoms with Gasteiger partial charge in [0.15, 0.2) is 0 Å². The van der Waals surface area contributed by atoms with Gasteiger partial charge in [-0.25, -0.2) is 4.39 Å². The van der Waals surface area contributed by atoms with Crippen molar-refractivity contribution in [2.75, 3.05) is 13.1 Å². The Hall–Kier alpha value is -1.49. The lowest BCUT2D eigenvalue weighted by molar-refractivity contribution is 0.0780. The van der Waals surface area contributed by atoms with Gasteiger partial charge in [0.1, 0.15) is 5.82 Å². The zero-order valence-electron chi connectivity index (χ0n) is 10.6. The molecule has 0 spiro atoms. The Morgan fingerprint density at radius 3 is 2.67 bits per heavy atom. The molecule has 1 aromatic carbocycles. The lowest BCUT2D eigenvalue weighted by Gasteiger charge is -2.21. The number of nitrogens with two attached hydrogens (primary N) is 1. The molecule has 0 aliphatic heterocycles. The number of nitrogens with zero attached hydrogens (tertiary/aromatic N) is 1. The monoisotopic (exact) mass is 268 g/mol. The molecule has 0 aromatic heterocycles. The fraction of sp³-hybridized carbons (Fsp3) is 0.385. The van der Waals surface area contributed by atoms with Gasteiger partial charge in [0.05, 0.1) is 11.5 Å². The second kappa shape index (κ2) is 6.44. The summed E-state index contributed by atoms with van der Waals surface area (Å²) in [5, 5.41) is 0. The summed E-state index contributed by atoms with van der Waals surface area (Å²) < 4.78 is 13.2. The van der Waals surface area contributed by atoms with E-state index < -0.39 is 0 Å². The van der Waals surface area contributed by atoms with Gasteiger partial charge in [-0.1, -0.05) is 19.1 Å². The van der Waals surface area contributed by atoms with Gasteiger partial charge in [-0.3, -0.25) is 4.79 Å². The third-order valence-electron chi connectivity index (χ3n) is 2.53. The Kier molecular flexibility index (Phi) is 5.22. The number of carbonyl (C=O) groups excluding carboxylic acids is 1. The highest BCUT2D eigenvalue weighted by Crippen LogP contribution is 2.12. The van der Waals surface area contributed by atoms with Crippen LogP contribution in [0.5, 0.6) is 0 Å². The second-order valence-electron chi connectivity index (χ2n) is 4.16. The first kappa shape index (κ1) is 14.6. The number of benzene rings is 1. The van der Waals surface area contributed by atoms with Crippen LogP contribution in [0.25, 0.3) is 0 Å². The Balaban J connectivity index is 2.93. The minimum atomic E-state index is -0.317. The van der Waals surface area contributed by atoms with Crippen LogP contribution in [-0.2, 0) is 0 Å². The van der Waals surface area contributed by atoms with Gasteiger partial charge in [0.2, 0.25) is 0 Å². The molecule has 1 rings (SSSR count). The molecule has 0 heterocycles. The number of hydrogen-bond donors (Lipinski definition) is 1. The highest BCUT2D eigenvalue weighted by Gasteiger charge is 2.16. The SMILES string of the molecule is CCCN(CC(N)=S)C(=O)c1ccc(F)c(C)c1. The average Bonchev–Trinajstić information content (AvgIpc) is 2.31. The summed E-state index contributed by atoms with van der Waals surface area (Å²) in [6.07, 6.45) is 0.814. The minimum Gasteiger partial charge on any atom is -0.392 e. The van der Waals surface area contributed by atoms with Crippen LogP contribution in [0.4, 0.5) is 4.39 Å². The number of aryl methyl sites for hydroxylation is 1. The predicted molar refractivity (Wildman–Crippen MR) is 74.1 cm³/mol. The van der Waals surface area contributed by atoms with E-state index in [0.29, 0.717) is 17.7 Å². The van der Waals surface area contributed by atoms with E-state index in [2.05, 4.69) is 0 Å². The van der Waals surface area contributed by atoms with Crippen LogP contribution in [0.15, 0.2) is 18.2 Å². The molecule has 98 valence electrons. The fourth-order valence-electron chi connectivity index (χ4n) is 1.67. The van der Waals surface area contributed by atoms with Crippen LogP contribution in [-0.4, -0.2) is 28.9 Å². The zero-order chi connectivity index (χ0) is 13.7. The highest BCUT2D eigenvalue weighted by molar-refractivity contribution is 7.80. The maximum Gasteiger partial charge on any atom is 0.254 e. The number of halogens is 1. The lowest BCUT2D eigenvalue weighted by atomic mass is 10.1. The van der Waals surface area contributed by atoms with E-state index in [1.807, 2.05) is 6.92 Å². The summed E-state index contributed by atoms with van der Waals surface area (Å²) in [7, 11) is 0. The molecular formula is C13H17FN2OS. The van der Waals surface area contributed by atoms with Crippen molar-refractivity contribution < 1.29 is 9.18 Å². The molecule has 0 atom stereocenters. The van der Waals surface area contributed by atoms with Gasteiger partial charge in [-0.05, 0) is 37.1 Å². The summed E-state index contributed by atoms with van der Waals surface area (Å²) in [6.45, 7) is 4.42. The van der Waals surface area contributed by atoms with E-state index in [-0.39, 0.29) is 23.3 Å². The maximum absolute atomic E-state index is 13.2. The van der Waals surface area contributed by atoms with Crippen LogP contribution in [0, 0.1) is 12.7 Å². The van der Waals surface area contributed by atoms with Crippen molar-refractivity contribution >= 4 is 23.1 Å². The summed E-state index contributed by atoms with van der Waals surface area (Å²) >= 11 is 4.83. The van der Waals surface area contributed by atoms with Crippen molar-refractivity contribution in [1.29, 1.82) is 0 Å². The number of hydrogen-bond acceptors (Lipinski definition) is 2. The van der Waals surface area contributed by atoms with Crippen molar-refractivity contribution in [3.05, 3.63) is 35.1 Å². The van der Waals surface area contributed by atoms with Gasteiger partial charge in [0, 0.05) is 12.1 Å². The zero-order valence-corrected chi connectivity index (χ0v) is 11.4. The van der Waals surface area contributed by atoms with Gasteiger partial charge >= 0.3 is 0 Å². The quantitative estimate of drug-likeness (QED) is 0.833. The van der Waals surface area contributed by atoms with Crippen molar-refractivity contribution in [1.82, 2.24) is 4.90 Å². The van der Waals surface area contributed by atoms with Crippen molar-refractivity contribution in [3.63, 3.8) is 0 Å². The fourth-order valence-corrected chi connectivity index (χ4v) is 1.83. The number of rotatable bonds is 5. The van der Waals surface area contributed by atoms with Crippen LogP contribution >= 0.6 is 12.2 Å². The van der Waals surface area contributed by atoms with Gasteiger partial charge in [0.25, 0.3) is 5.91 Å². The van der Waals surface area contributed by atoms with Crippen molar-refractivity contribution in [3.8, 4) is 0 Å². The third-order valence-corrected chi connectivity index (χ3v) is 2.66. The number of amides is 1. The van der Waals surface area contributed by atoms with Gasteiger partial charge in [-0.15, -0.1) is 0 Å². The van der Waals surface area contributed by atoms with Crippen LogP contribution in [0.3, 0.4) is 0 Å². The molecule has 0 unspecified atom stereocenters. The summed E-state index contributed by atoms with van der Waals surface area (Å²) in [6, 6.07) is 4.32. The van der Waals surface area contributed by atoms with E-state index in [1.54, 1.807) is 17.9 Å². The van der Waals surface area contributed by atoms with Crippen LogP contribution in [0.1, 0.15) is 29.3 Å². The minimum absolute atomic E-state index is 0.173. The Morgan fingerprint density at radius 1 is 1.50 bits per heavy atom. The summed E-state index contributed by atoms with van der Waals surface area (Å²) in [4.78, 5) is 14.1. The first-order chi connectivity index (χ1) is 8.45. The molecule has 3 nitrogen and oxygen atoms in total. The molecule has 18 heavy (non-hydrogen) atoms. The average molecular weight is 268 g/mol. The Bertz CT molecular complexity index is 462. The molecule has 0 aliphatic rings. The molecule has 0 radical (unpaired) electrons. The summed E-state index contributed by atoms with van der Waals surface area (Å²) in [5.41, 5.74) is 6.38. The van der Waals surface area contributed by atoms with Gasteiger partial charge < -0.3 is 10.6 Å². The molecule has 0 aliphatic carbocycles. The first-order valence-corrected chi connectivity index (χ1v) is 6.20. The van der Waals surface area contributed by atoms with E-state index >= 15 is 0 Å². The van der Waals surface area contributed by atoms with Crippen LogP contribution < -0.4 is 5.73 Å². The molecular weight excluding hydrogens is 251 g/mol. The van der Waals surface area contributed by atoms with Crippen LogP contribution in [0.2, 0.25) is 0 Å². The predicted octanol–water partition coefficient (Wildman–Crippen LogP) is 2.27. The van der Waals surface area contributed by atoms with E-state index in [9.17, 15) is 9.18 Å². The smallest absolute Gasteiger partial charge is 0.254 e.